The third-order valence-electron chi connectivity index (χ3n) is 10.0. The highest BCUT2D eigenvalue weighted by molar-refractivity contribution is 6.33. The van der Waals surface area contributed by atoms with Crippen LogP contribution in [0.4, 0.5) is 4.39 Å². The number of ketones is 3. The largest absolute Gasteiger partial charge is 0.507 e. The van der Waals surface area contributed by atoms with Crippen LogP contribution >= 0.6 is 0 Å². The normalized spacial score (nSPS) is 32.6. The second-order valence-electron chi connectivity index (χ2n) is 12.5. The van der Waals surface area contributed by atoms with Crippen molar-refractivity contribution in [1.29, 1.82) is 5.41 Å². The van der Waals surface area contributed by atoms with E-state index in [1.54, 1.807) is 0 Å². The molecule has 0 bridgehead atoms. The number of likely N-dealkylation sites (tertiary alicyclic amines) is 1. The van der Waals surface area contributed by atoms with E-state index in [2.05, 4.69) is 0 Å². The molecule has 0 radical (unpaired) electrons. The molecule has 5 aliphatic rings. The quantitative estimate of drug-likeness (QED) is 0.336. The van der Waals surface area contributed by atoms with Crippen LogP contribution in [0.15, 0.2) is 0 Å². The van der Waals surface area contributed by atoms with Gasteiger partial charge in [0.1, 0.15) is 17.5 Å². The highest BCUT2D eigenvalue weighted by Gasteiger charge is 2.67. The molecule has 1 aromatic carbocycles. The van der Waals surface area contributed by atoms with Crippen molar-refractivity contribution < 1.29 is 38.6 Å². The molecule has 12 nitrogen and oxygen atoms in total. The van der Waals surface area contributed by atoms with Crippen LogP contribution in [0.1, 0.15) is 46.3 Å². The first-order valence-electron chi connectivity index (χ1n) is 14.2. The van der Waals surface area contributed by atoms with Gasteiger partial charge in [-0.1, -0.05) is 0 Å². The molecule has 224 valence electrons. The number of Topliss-reactive ketones (excluding diaryl/α,β-unsaturated/α-hetero) is 3. The van der Waals surface area contributed by atoms with Gasteiger partial charge in [0.15, 0.2) is 23.0 Å². The molecule has 3 aliphatic carbocycles. The number of benzene rings is 1. The zero-order valence-corrected chi connectivity index (χ0v) is 23.5. The van der Waals surface area contributed by atoms with Crippen molar-refractivity contribution in [2.45, 2.75) is 50.4 Å². The van der Waals surface area contributed by atoms with Gasteiger partial charge in [0.2, 0.25) is 11.8 Å². The van der Waals surface area contributed by atoms with Gasteiger partial charge in [-0.3, -0.25) is 33.8 Å². The maximum absolute atomic E-state index is 16.1. The molecule has 42 heavy (non-hydrogen) atoms. The minimum atomic E-state index is -2.62. The van der Waals surface area contributed by atoms with Gasteiger partial charge < -0.3 is 26.3 Å². The number of carbonyl (C=O) groups is 5. The van der Waals surface area contributed by atoms with Gasteiger partial charge in [-0.25, -0.2) is 4.39 Å². The molecule has 1 saturated heterocycles. The van der Waals surface area contributed by atoms with Crippen LogP contribution < -0.4 is 5.73 Å². The third kappa shape index (κ3) is 3.82. The fourth-order valence-electron chi connectivity index (χ4n) is 8.04. The number of rotatable bonds is 4. The van der Waals surface area contributed by atoms with Crippen molar-refractivity contribution in [2.75, 3.05) is 33.7 Å². The minimum Gasteiger partial charge on any atom is -0.507 e. The number of primary amides is 1. The van der Waals surface area contributed by atoms with Crippen LogP contribution in [-0.4, -0.2) is 105 Å². The van der Waals surface area contributed by atoms with Gasteiger partial charge in [0.25, 0.3) is 0 Å². The average molecular weight is 584 g/mol. The van der Waals surface area contributed by atoms with E-state index in [1.165, 1.54) is 23.9 Å². The maximum atomic E-state index is 16.1. The fourth-order valence-corrected chi connectivity index (χ4v) is 8.04. The highest BCUT2D eigenvalue weighted by atomic mass is 19.1. The summed E-state index contributed by atoms with van der Waals surface area (Å²) in [6.45, 7) is 1.64. The minimum absolute atomic E-state index is 0.0544. The van der Waals surface area contributed by atoms with Gasteiger partial charge >= 0.3 is 0 Å². The van der Waals surface area contributed by atoms with E-state index >= 15 is 4.39 Å². The highest BCUT2D eigenvalue weighted by Crippen LogP contribution is 2.52. The van der Waals surface area contributed by atoms with Gasteiger partial charge in [-0.15, -0.1) is 0 Å². The van der Waals surface area contributed by atoms with Crippen molar-refractivity contribution in [1.82, 2.24) is 14.7 Å². The lowest BCUT2D eigenvalue weighted by atomic mass is 9.52. The summed E-state index contributed by atoms with van der Waals surface area (Å²) >= 11 is 0. The topological polar surface area (TPSA) is 185 Å². The van der Waals surface area contributed by atoms with Gasteiger partial charge in [-0.2, -0.15) is 0 Å². The van der Waals surface area contributed by atoms with Crippen LogP contribution in [0, 0.1) is 34.9 Å². The number of aliphatic hydroxyl groups is 1. The Balaban J connectivity index is 1.37. The van der Waals surface area contributed by atoms with Crippen LogP contribution in [0.5, 0.6) is 5.75 Å². The smallest absolute Gasteiger partial charge is 0.237 e. The Morgan fingerprint density at radius 2 is 1.76 bits per heavy atom. The Morgan fingerprint density at radius 3 is 2.38 bits per heavy atom. The van der Waals surface area contributed by atoms with Crippen molar-refractivity contribution in [3.8, 4) is 5.75 Å². The number of nitrogens with one attached hydrogen (secondary N) is 1. The molecule has 6 unspecified atom stereocenters. The number of amides is 2. The van der Waals surface area contributed by atoms with Crippen molar-refractivity contribution >= 4 is 34.9 Å². The molecule has 6 atom stereocenters. The van der Waals surface area contributed by atoms with Gasteiger partial charge in [0.05, 0.1) is 36.3 Å². The third-order valence-corrected chi connectivity index (χ3v) is 10.0. The molecule has 5 N–H and O–H groups in total. The first-order chi connectivity index (χ1) is 19.8. The Hall–Kier alpha value is -3.55. The molecule has 0 spiro atoms. The molecule has 1 aromatic rings. The predicted octanol–water partition coefficient (Wildman–Crippen LogP) is -0.605. The number of hydrogen-bond acceptors (Lipinski definition) is 10. The zero-order chi connectivity index (χ0) is 30.4. The van der Waals surface area contributed by atoms with E-state index in [4.69, 9.17) is 11.1 Å². The first-order valence-corrected chi connectivity index (χ1v) is 14.2. The first kappa shape index (κ1) is 28.6. The van der Waals surface area contributed by atoms with Crippen molar-refractivity contribution in [3.05, 3.63) is 28.1 Å². The van der Waals surface area contributed by atoms with Crippen LogP contribution in [-0.2, 0) is 38.7 Å². The van der Waals surface area contributed by atoms with Crippen molar-refractivity contribution in [2.24, 2.45) is 29.4 Å². The monoisotopic (exact) mass is 583 g/mol. The average Bonchev–Trinajstić information content (AvgIpc) is 3.59. The molecular formula is C29H34FN5O7. The van der Waals surface area contributed by atoms with Crippen molar-refractivity contribution in [3.63, 3.8) is 0 Å². The molecule has 0 aromatic heterocycles. The zero-order valence-electron chi connectivity index (χ0n) is 23.5. The van der Waals surface area contributed by atoms with E-state index in [1.807, 2.05) is 4.90 Å². The molecular weight excluding hydrogens is 549 g/mol. The molecule has 2 saturated carbocycles. The molecule has 2 heterocycles. The summed E-state index contributed by atoms with van der Waals surface area (Å²) < 4.78 is 16.1. The number of phenolic OH excluding ortho intramolecular Hbond substituents is 1. The number of phenols is 1. The number of carbonyl (C=O) groups excluding carboxylic acids is 5. The number of aromatic hydroxyl groups is 1. The summed E-state index contributed by atoms with van der Waals surface area (Å²) in [6.07, 6.45) is 1.79. The summed E-state index contributed by atoms with van der Waals surface area (Å²) in [7, 11) is 3.07. The lowest BCUT2D eigenvalue weighted by Crippen LogP contribution is -2.73. The lowest BCUT2D eigenvalue weighted by Gasteiger charge is -2.53. The molecule has 13 heteroatoms. The summed E-state index contributed by atoms with van der Waals surface area (Å²) in [5.74, 6) is -10.6. The van der Waals surface area contributed by atoms with E-state index in [0.29, 0.717) is 0 Å². The molecule has 2 aliphatic heterocycles. The Kier molecular flexibility index (Phi) is 6.63. The summed E-state index contributed by atoms with van der Waals surface area (Å²) in [5, 5.41) is 31.6. The molecule has 3 fully saturated rings. The van der Waals surface area contributed by atoms with Gasteiger partial charge in [-0.05, 0) is 58.8 Å². The van der Waals surface area contributed by atoms with Crippen LogP contribution in [0.3, 0.4) is 0 Å². The maximum Gasteiger partial charge on any atom is 0.237 e. The predicted molar refractivity (Wildman–Crippen MR) is 144 cm³/mol. The Bertz CT molecular complexity index is 1470. The molecule has 6 rings (SSSR count). The van der Waals surface area contributed by atoms with E-state index < -0.39 is 75.8 Å². The van der Waals surface area contributed by atoms with Gasteiger partial charge in [0, 0.05) is 29.2 Å². The summed E-state index contributed by atoms with van der Waals surface area (Å²) in [4.78, 5) is 71.2. The summed E-state index contributed by atoms with van der Waals surface area (Å²) in [5.41, 5.74) is 1.77. The van der Waals surface area contributed by atoms with Crippen LogP contribution in [0.25, 0.3) is 0 Å². The number of hydrogen-bond donors (Lipinski definition) is 4. The van der Waals surface area contributed by atoms with E-state index in [9.17, 15) is 34.2 Å². The Labute approximate surface area is 241 Å². The number of halogens is 1. The number of nitrogens with two attached hydrogens (primary N) is 1. The Morgan fingerprint density at radius 1 is 1.12 bits per heavy atom. The second kappa shape index (κ2) is 9.75. The SMILES string of the molecule is CN(C)C1C(=O)C(C(N)=O)C(=N)C2(O)C(=O)C3C(=O)c4c(O)c5c(c(F)c4CC3CC12)CN(C(=O)CN1CCCC1)C5. The standard InChI is InChI=1S/C29H34FN5O7/c1-33(2)22-16-8-12-7-13-19(24(38)18(12)27(40)29(16,42)26(31)20(25(22)39)28(32)41)23(37)15-10-35(9-14(15)21(13)30)17(36)11-34-5-3-4-6-34/h12,16,18,20,22,31,37,42H,3-11H2,1-2H3,(H2,32,41). The number of fused-ring (bicyclic) bond motifs is 4. The van der Waals surface area contributed by atoms with Crippen LogP contribution in [0.2, 0.25) is 0 Å². The second-order valence-corrected chi connectivity index (χ2v) is 12.5. The summed E-state index contributed by atoms with van der Waals surface area (Å²) in [6, 6.07) is -1.16. The van der Waals surface area contributed by atoms with E-state index in [0.717, 1.165) is 25.9 Å². The van der Waals surface area contributed by atoms with E-state index in [-0.39, 0.29) is 60.6 Å². The fraction of sp³-hybridized carbons (Fsp3) is 0.586. The number of nitrogens with zero attached hydrogens (tertiary/aromatic N) is 3. The molecule has 2 amide bonds. The lowest BCUT2D eigenvalue weighted by molar-refractivity contribution is -0.157. The number of likely N-dealkylation sites (N-methyl/N-ethyl adjacent to an activating group) is 1.